The number of rotatable bonds is 8. The molecule has 0 radical (unpaired) electrons. The summed E-state index contributed by atoms with van der Waals surface area (Å²) in [5, 5.41) is 6.88. The Hall–Kier alpha value is -1.79. The minimum Gasteiger partial charge on any atom is -0.357 e. The molecule has 2 unspecified atom stereocenters. The van der Waals surface area contributed by atoms with Crippen LogP contribution in [0.3, 0.4) is 0 Å². The van der Waals surface area contributed by atoms with Gasteiger partial charge in [-0.1, -0.05) is 26.2 Å². The third-order valence-corrected chi connectivity index (χ3v) is 6.89. The van der Waals surface area contributed by atoms with Gasteiger partial charge in [0.15, 0.2) is 5.96 Å². The molecule has 2 atom stereocenters. The summed E-state index contributed by atoms with van der Waals surface area (Å²) in [4.78, 5) is 33.7. The van der Waals surface area contributed by atoms with Crippen molar-refractivity contribution in [1.29, 1.82) is 0 Å². The summed E-state index contributed by atoms with van der Waals surface area (Å²) >= 11 is 0. The molecule has 170 valence electrons. The number of amides is 2. The first-order valence-corrected chi connectivity index (χ1v) is 12.3. The fourth-order valence-corrected chi connectivity index (χ4v) is 5.16. The quantitative estimate of drug-likeness (QED) is 0.468. The monoisotopic (exact) mass is 419 g/mol. The molecule has 0 aromatic rings. The predicted molar refractivity (Wildman–Crippen MR) is 120 cm³/mol. The van der Waals surface area contributed by atoms with Crippen molar-refractivity contribution in [2.24, 2.45) is 10.9 Å². The fraction of sp³-hybridized carbons (Fsp3) is 0.870. The lowest BCUT2D eigenvalue weighted by Gasteiger charge is -2.27. The lowest BCUT2D eigenvalue weighted by molar-refractivity contribution is -0.135. The Kier molecular flexibility index (Phi) is 8.82. The van der Waals surface area contributed by atoms with Crippen LogP contribution < -0.4 is 10.6 Å². The molecule has 2 N–H and O–H groups in total. The van der Waals surface area contributed by atoms with Crippen LogP contribution in [0.25, 0.3) is 0 Å². The fourth-order valence-electron chi connectivity index (χ4n) is 5.16. The highest BCUT2D eigenvalue weighted by molar-refractivity contribution is 5.81. The zero-order chi connectivity index (χ0) is 21.3. The largest absolute Gasteiger partial charge is 0.357 e. The smallest absolute Gasteiger partial charge is 0.225 e. The third-order valence-electron chi connectivity index (χ3n) is 6.89. The van der Waals surface area contributed by atoms with Crippen LogP contribution in [-0.4, -0.2) is 72.4 Å². The summed E-state index contributed by atoms with van der Waals surface area (Å²) in [6.07, 6.45) is 10.3. The van der Waals surface area contributed by atoms with Gasteiger partial charge in [-0.2, -0.15) is 0 Å². The van der Waals surface area contributed by atoms with E-state index in [1.54, 1.807) is 0 Å². The van der Waals surface area contributed by atoms with E-state index in [2.05, 4.69) is 29.4 Å². The Bertz CT molecular complexity index is 602. The van der Waals surface area contributed by atoms with Gasteiger partial charge in [0.05, 0.1) is 0 Å². The van der Waals surface area contributed by atoms with Crippen molar-refractivity contribution >= 4 is 17.8 Å². The van der Waals surface area contributed by atoms with Crippen LogP contribution in [0.4, 0.5) is 0 Å². The lowest BCUT2D eigenvalue weighted by Crippen LogP contribution is -2.45. The Morgan fingerprint density at radius 1 is 1.13 bits per heavy atom. The number of aliphatic imine (C=N–C) groups is 1. The highest BCUT2D eigenvalue weighted by Gasteiger charge is 2.32. The molecule has 3 aliphatic rings. The number of nitrogens with zero attached hydrogens (tertiary/aromatic N) is 3. The van der Waals surface area contributed by atoms with Gasteiger partial charge >= 0.3 is 0 Å². The van der Waals surface area contributed by atoms with E-state index < -0.39 is 0 Å². The van der Waals surface area contributed by atoms with Gasteiger partial charge in [-0.25, -0.2) is 0 Å². The Morgan fingerprint density at radius 3 is 2.60 bits per heavy atom. The molecule has 0 bridgehead atoms. The normalized spacial score (nSPS) is 24.4. The van der Waals surface area contributed by atoms with Crippen molar-refractivity contribution in [3.63, 3.8) is 0 Å². The first-order valence-electron chi connectivity index (χ1n) is 12.3. The zero-order valence-electron chi connectivity index (χ0n) is 19.0. The highest BCUT2D eigenvalue weighted by atomic mass is 16.2. The molecule has 2 heterocycles. The van der Waals surface area contributed by atoms with Crippen molar-refractivity contribution in [2.75, 3.05) is 32.7 Å². The average molecular weight is 420 g/mol. The molecule has 0 aromatic carbocycles. The van der Waals surface area contributed by atoms with Crippen LogP contribution in [0.15, 0.2) is 4.99 Å². The number of carbonyl (C=O) groups is 2. The minimum absolute atomic E-state index is 0.249. The predicted octanol–water partition coefficient (Wildman–Crippen LogP) is 2.51. The zero-order valence-corrected chi connectivity index (χ0v) is 19.0. The molecule has 3 fully saturated rings. The molecule has 0 aromatic heterocycles. The number of carbonyl (C=O) groups excluding carboxylic acids is 2. The standard InChI is InChI=1S/C23H41N5O2/c1-3-20(28-15-8-11-21(28)29)12-14-25-23(24-4-2)26-19-13-16-27(17-19)22(30)18-9-6-5-7-10-18/h18-20H,3-17H2,1-2H3,(H2,24,25,26). The van der Waals surface area contributed by atoms with Gasteiger partial charge in [0.1, 0.15) is 0 Å². The van der Waals surface area contributed by atoms with Crippen molar-refractivity contribution in [2.45, 2.75) is 90.1 Å². The molecule has 1 aliphatic carbocycles. The van der Waals surface area contributed by atoms with E-state index >= 15 is 0 Å². The maximum atomic E-state index is 12.8. The summed E-state index contributed by atoms with van der Waals surface area (Å²) < 4.78 is 0. The minimum atomic E-state index is 0.249. The lowest BCUT2D eigenvalue weighted by atomic mass is 9.88. The summed E-state index contributed by atoms with van der Waals surface area (Å²) in [6, 6.07) is 0.555. The molecule has 0 spiro atoms. The van der Waals surface area contributed by atoms with Gasteiger partial charge < -0.3 is 20.4 Å². The first-order chi connectivity index (χ1) is 14.6. The molecule has 7 nitrogen and oxygen atoms in total. The maximum Gasteiger partial charge on any atom is 0.225 e. The molecule has 2 aliphatic heterocycles. The van der Waals surface area contributed by atoms with E-state index in [-0.39, 0.29) is 12.0 Å². The number of nitrogens with one attached hydrogen (secondary N) is 2. The molecule has 2 amide bonds. The van der Waals surface area contributed by atoms with Crippen LogP contribution in [0.5, 0.6) is 0 Å². The Labute approximate surface area is 182 Å². The second-order valence-electron chi connectivity index (χ2n) is 9.05. The van der Waals surface area contributed by atoms with Gasteiger partial charge in [0, 0.05) is 57.1 Å². The second kappa shape index (κ2) is 11.6. The molecule has 30 heavy (non-hydrogen) atoms. The third kappa shape index (κ3) is 6.11. The van der Waals surface area contributed by atoms with Crippen molar-refractivity contribution in [3.8, 4) is 0 Å². The van der Waals surface area contributed by atoms with E-state index in [9.17, 15) is 9.59 Å². The van der Waals surface area contributed by atoms with Crippen LogP contribution in [0, 0.1) is 5.92 Å². The Balaban J connectivity index is 1.47. The molecule has 7 heteroatoms. The molecular formula is C23H41N5O2. The van der Waals surface area contributed by atoms with E-state index in [0.717, 1.165) is 70.7 Å². The topological polar surface area (TPSA) is 77.0 Å². The van der Waals surface area contributed by atoms with E-state index in [1.165, 1.54) is 19.3 Å². The van der Waals surface area contributed by atoms with Gasteiger partial charge in [-0.15, -0.1) is 0 Å². The molecular weight excluding hydrogens is 378 g/mol. The van der Waals surface area contributed by atoms with E-state index in [4.69, 9.17) is 4.99 Å². The van der Waals surface area contributed by atoms with Crippen LogP contribution in [0.2, 0.25) is 0 Å². The second-order valence-corrected chi connectivity index (χ2v) is 9.05. The summed E-state index contributed by atoms with van der Waals surface area (Å²) in [5.74, 6) is 1.74. The van der Waals surface area contributed by atoms with Crippen LogP contribution in [0.1, 0.15) is 78.1 Å². The van der Waals surface area contributed by atoms with Gasteiger partial charge in [-0.3, -0.25) is 14.6 Å². The van der Waals surface area contributed by atoms with Crippen LogP contribution >= 0.6 is 0 Å². The number of hydrogen-bond acceptors (Lipinski definition) is 3. The van der Waals surface area contributed by atoms with Crippen molar-refractivity contribution in [1.82, 2.24) is 20.4 Å². The van der Waals surface area contributed by atoms with Crippen molar-refractivity contribution < 1.29 is 9.59 Å². The molecule has 1 saturated carbocycles. The summed E-state index contributed by atoms with van der Waals surface area (Å²) in [5.41, 5.74) is 0. The highest BCUT2D eigenvalue weighted by Crippen LogP contribution is 2.26. The van der Waals surface area contributed by atoms with Crippen LogP contribution in [-0.2, 0) is 9.59 Å². The number of hydrogen-bond donors (Lipinski definition) is 2. The van der Waals surface area contributed by atoms with Gasteiger partial charge in [-0.05, 0) is 45.4 Å². The summed E-state index contributed by atoms with van der Waals surface area (Å²) in [7, 11) is 0. The number of likely N-dealkylation sites (tertiary alicyclic amines) is 2. The van der Waals surface area contributed by atoms with Crippen molar-refractivity contribution in [3.05, 3.63) is 0 Å². The maximum absolute atomic E-state index is 12.8. The molecule has 2 saturated heterocycles. The van der Waals surface area contributed by atoms with E-state index in [0.29, 0.717) is 30.8 Å². The number of guanidine groups is 1. The SMILES string of the molecule is CCNC(=NCCC(CC)N1CCCC1=O)NC1CCN(C(=O)C2CCCCC2)C1. The Morgan fingerprint density at radius 2 is 1.93 bits per heavy atom. The van der Waals surface area contributed by atoms with Gasteiger partial charge in [0.2, 0.25) is 11.8 Å². The first kappa shape index (κ1) is 22.9. The average Bonchev–Trinajstić information content (AvgIpc) is 3.40. The van der Waals surface area contributed by atoms with E-state index in [1.807, 2.05) is 4.90 Å². The molecule has 3 rings (SSSR count). The summed E-state index contributed by atoms with van der Waals surface area (Å²) in [6.45, 7) is 8.26. The van der Waals surface area contributed by atoms with Gasteiger partial charge in [0.25, 0.3) is 0 Å².